The maximum Gasteiger partial charge on any atom is 0.216 e. The number of nitriles is 1. The molecule has 0 bridgehead atoms. The summed E-state index contributed by atoms with van der Waals surface area (Å²) in [6, 6.07) is 8.51. The van der Waals surface area contributed by atoms with Crippen LogP contribution >= 0.6 is 0 Å². The predicted molar refractivity (Wildman–Crippen MR) is 70.0 cm³/mol. The van der Waals surface area contributed by atoms with E-state index in [2.05, 4.69) is 4.72 Å². The fourth-order valence-corrected chi connectivity index (χ4v) is 2.43. The van der Waals surface area contributed by atoms with Gasteiger partial charge in [0.15, 0.2) is 0 Å². The normalized spacial score (nSPS) is 11.6. The lowest BCUT2D eigenvalue weighted by atomic mass is 10.2. The molecule has 0 fully saturated rings. The van der Waals surface area contributed by atoms with E-state index in [0.717, 1.165) is 0 Å². The average molecular weight is 265 g/mol. The van der Waals surface area contributed by atoms with Gasteiger partial charge >= 0.3 is 0 Å². The Bertz CT molecular complexity index is 559. The van der Waals surface area contributed by atoms with E-state index in [9.17, 15) is 8.42 Å². The summed E-state index contributed by atoms with van der Waals surface area (Å²) in [7, 11) is -3.39. The number of hydrogen-bond donors (Lipinski definition) is 2. The van der Waals surface area contributed by atoms with Gasteiger partial charge in [0.1, 0.15) is 0 Å². The Morgan fingerprint density at radius 1 is 1.39 bits per heavy atom. The highest BCUT2D eigenvalue weighted by molar-refractivity contribution is 7.88. The first-order valence-corrected chi connectivity index (χ1v) is 7.04. The van der Waals surface area contributed by atoms with E-state index in [1.165, 1.54) is 0 Å². The molecule has 0 aliphatic rings. The Hall–Kier alpha value is -1.68. The Morgan fingerprint density at radius 2 is 2.17 bits per heavy atom. The number of nitrogens with one attached hydrogen (secondary N) is 1. The SMILES string of the molecule is N#Cc1cccc(CS(=O)(=O)NC/C=C/CN)c1. The van der Waals surface area contributed by atoms with E-state index >= 15 is 0 Å². The first kappa shape index (κ1) is 14.4. The van der Waals surface area contributed by atoms with Crippen LogP contribution in [-0.4, -0.2) is 21.5 Å². The fourth-order valence-electron chi connectivity index (χ4n) is 1.36. The zero-order valence-corrected chi connectivity index (χ0v) is 10.7. The minimum atomic E-state index is -3.39. The summed E-state index contributed by atoms with van der Waals surface area (Å²) in [6.07, 6.45) is 3.34. The van der Waals surface area contributed by atoms with Gasteiger partial charge in [-0.05, 0) is 17.7 Å². The molecule has 1 aromatic rings. The molecule has 5 nitrogen and oxygen atoms in total. The van der Waals surface area contributed by atoms with E-state index in [4.69, 9.17) is 11.0 Å². The van der Waals surface area contributed by atoms with E-state index in [-0.39, 0.29) is 12.3 Å². The van der Waals surface area contributed by atoms with Gasteiger partial charge < -0.3 is 5.73 Å². The molecular formula is C12H15N3O2S. The smallest absolute Gasteiger partial charge is 0.216 e. The number of sulfonamides is 1. The minimum absolute atomic E-state index is 0.140. The molecule has 0 spiro atoms. The third-order valence-corrected chi connectivity index (χ3v) is 3.46. The molecule has 6 heteroatoms. The topological polar surface area (TPSA) is 96.0 Å². The molecular weight excluding hydrogens is 250 g/mol. The van der Waals surface area contributed by atoms with E-state index in [1.807, 2.05) is 6.07 Å². The van der Waals surface area contributed by atoms with Crippen molar-refractivity contribution in [2.75, 3.05) is 13.1 Å². The highest BCUT2D eigenvalue weighted by atomic mass is 32.2. The second kappa shape index (κ2) is 6.91. The standard InChI is InChI=1S/C12H15N3O2S/c13-6-1-2-7-15-18(16,17)10-12-5-3-4-11(8-12)9-14/h1-5,8,15H,6-7,10,13H2/b2-1+. The monoisotopic (exact) mass is 265 g/mol. The second-order valence-electron chi connectivity index (χ2n) is 3.63. The van der Waals surface area contributed by atoms with Crippen molar-refractivity contribution in [2.45, 2.75) is 5.75 Å². The van der Waals surface area contributed by atoms with Gasteiger partial charge in [0, 0.05) is 13.1 Å². The van der Waals surface area contributed by atoms with Gasteiger partial charge in [0.05, 0.1) is 17.4 Å². The number of benzene rings is 1. The summed E-state index contributed by atoms with van der Waals surface area (Å²) < 4.78 is 25.8. The van der Waals surface area contributed by atoms with Crippen molar-refractivity contribution in [3.05, 3.63) is 47.5 Å². The molecule has 0 aliphatic heterocycles. The van der Waals surface area contributed by atoms with E-state index in [0.29, 0.717) is 17.7 Å². The second-order valence-corrected chi connectivity index (χ2v) is 5.43. The highest BCUT2D eigenvalue weighted by Crippen LogP contribution is 2.07. The summed E-state index contributed by atoms with van der Waals surface area (Å²) >= 11 is 0. The molecule has 0 heterocycles. The number of hydrogen-bond acceptors (Lipinski definition) is 4. The van der Waals surface area contributed by atoms with Crippen LogP contribution in [0.1, 0.15) is 11.1 Å². The maximum atomic E-state index is 11.7. The van der Waals surface area contributed by atoms with Crippen LogP contribution in [0.15, 0.2) is 36.4 Å². The summed E-state index contributed by atoms with van der Waals surface area (Å²) in [5.41, 5.74) is 6.28. The summed E-state index contributed by atoms with van der Waals surface area (Å²) in [5, 5.41) is 8.72. The number of nitrogens with zero attached hydrogens (tertiary/aromatic N) is 1. The minimum Gasteiger partial charge on any atom is -0.327 e. The zero-order chi connectivity index (χ0) is 13.4. The summed E-state index contributed by atoms with van der Waals surface area (Å²) in [6.45, 7) is 0.601. The van der Waals surface area contributed by atoms with Gasteiger partial charge in [-0.25, -0.2) is 13.1 Å². The van der Waals surface area contributed by atoms with Crippen molar-refractivity contribution in [1.82, 2.24) is 4.72 Å². The Morgan fingerprint density at radius 3 is 2.83 bits per heavy atom. The molecule has 18 heavy (non-hydrogen) atoms. The molecule has 0 saturated heterocycles. The lowest BCUT2D eigenvalue weighted by Gasteiger charge is -2.04. The predicted octanol–water partition coefficient (Wildman–Crippen LogP) is 0.493. The molecule has 0 amide bonds. The summed E-state index contributed by atoms with van der Waals surface area (Å²) in [5.74, 6) is -0.140. The van der Waals surface area contributed by atoms with Gasteiger partial charge in [-0.3, -0.25) is 0 Å². The van der Waals surface area contributed by atoms with Crippen LogP contribution in [0.25, 0.3) is 0 Å². The van der Waals surface area contributed by atoms with Crippen LogP contribution < -0.4 is 10.5 Å². The molecule has 1 rings (SSSR count). The van der Waals surface area contributed by atoms with Crippen LogP contribution in [0, 0.1) is 11.3 Å². The van der Waals surface area contributed by atoms with Crippen LogP contribution in [0.3, 0.4) is 0 Å². The molecule has 0 saturated carbocycles. The summed E-state index contributed by atoms with van der Waals surface area (Å²) in [4.78, 5) is 0. The molecule has 0 aliphatic carbocycles. The van der Waals surface area contributed by atoms with E-state index < -0.39 is 10.0 Å². The van der Waals surface area contributed by atoms with Crippen LogP contribution in [0.2, 0.25) is 0 Å². The van der Waals surface area contributed by atoms with Gasteiger partial charge in [0.25, 0.3) is 0 Å². The lowest BCUT2D eigenvalue weighted by Crippen LogP contribution is -2.25. The number of nitrogens with two attached hydrogens (primary N) is 1. The first-order chi connectivity index (χ1) is 8.57. The van der Waals surface area contributed by atoms with Crippen molar-refractivity contribution in [1.29, 1.82) is 5.26 Å². The van der Waals surface area contributed by atoms with Crippen molar-refractivity contribution in [2.24, 2.45) is 5.73 Å². The molecule has 1 aromatic carbocycles. The van der Waals surface area contributed by atoms with Crippen LogP contribution in [0.5, 0.6) is 0 Å². The van der Waals surface area contributed by atoms with Crippen molar-refractivity contribution in [3.63, 3.8) is 0 Å². The van der Waals surface area contributed by atoms with Gasteiger partial charge in [-0.2, -0.15) is 5.26 Å². The molecule has 96 valence electrons. The van der Waals surface area contributed by atoms with Crippen molar-refractivity contribution < 1.29 is 8.42 Å². The van der Waals surface area contributed by atoms with Crippen molar-refractivity contribution in [3.8, 4) is 6.07 Å². The third-order valence-electron chi connectivity index (χ3n) is 2.14. The Labute approximate surface area is 107 Å². The highest BCUT2D eigenvalue weighted by Gasteiger charge is 2.10. The Kier molecular flexibility index (Phi) is 5.52. The largest absolute Gasteiger partial charge is 0.327 e. The van der Waals surface area contributed by atoms with Crippen LogP contribution in [0.4, 0.5) is 0 Å². The lowest BCUT2D eigenvalue weighted by molar-refractivity contribution is 0.584. The number of rotatable bonds is 6. The van der Waals surface area contributed by atoms with Gasteiger partial charge in [-0.1, -0.05) is 24.3 Å². The first-order valence-electron chi connectivity index (χ1n) is 5.39. The molecule has 0 unspecified atom stereocenters. The molecule has 3 N–H and O–H groups in total. The third kappa shape index (κ3) is 5.10. The van der Waals surface area contributed by atoms with Gasteiger partial charge in [0.2, 0.25) is 10.0 Å². The van der Waals surface area contributed by atoms with Gasteiger partial charge in [-0.15, -0.1) is 0 Å². The molecule has 0 radical (unpaired) electrons. The average Bonchev–Trinajstić information content (AvgIpc) is 2.34. The zero-order valence-electron chi connectivity index (χ0n) is 9.83. The maximum absolute atomic E-state index is 11.7. The Balaban J connectivity index is 2.65. The fraction of sp³-hybridized carbons (Fsp3) is 0.250. The quantitative estimate of drug-likeness (QED) is 0.732. The van der Waals surface area contributed by atoms with Crippen LogP contribution in [-0.2, 0) is 15.8 Å². The van der Waals surface area contributed by atoms with E-state index in [1.54, 1.807) is 36.4 Å². The molecule has 0 atom stereocenters. The van der Waals surface area contributed by atoms with Crippen molar-refractivity contribution >= 4 is 10.0 Å². The molecule has 0 aromatic heterocycles.